The van der Waals surface area contributed by atoms with Crippen molar-refractivity contribution in [2.24, 2.45) is 0 Å². The molecule has 1 saturated heterocycles. The quantitative estimate of drug-likeness (QED) is 0.815. The summed E-state index contributed by atoms with van der Waals surface area (Å²) in [5, 5.41) is 4.89. The fourth-order valence-corrected chi connectivity index (χ4v) is 4.96. The van der Waals surface area contributed by atoms with Gasteiger partial charge in [-0.25, -0.2) is 0 Å². The number of piperidine rings is 1. The average molecular weight is 381 g/mol. The first-order valence-electron chi connectivity index (χ1n) is 10.4. The molecule has 3 heterocycles. The number of carbonyl (C=O) groups excluding carboxylic acids is 1. The van der Waals surface area contributed by atoms with Crippen molar-refractivity contribution in [3.8, 4) is 0 Å². The third-order valence-corrected chi connectivity index (χ3v) is 6.38. The number of likely N-dealkylation sites (tertiary alicyclic amines) is 1. The van der Waals surface area contributed by atoms with Gasteiger partial charge in [0.25, 0.3) is 5.91 Å². The first kappa shape index (κ1) is 19.2. The van der Waals surface area contributed by atoms with Crippen LogP contribution in [0.25, 0.3) is 0 Å². The van der Waals surface area contributed by atoms with E-state index in [-0.39, 0.29) is 17.4 Å². The highest BCUT2D eigenvalue weighted by Gasteiger charge is 2.46. The van der Waals surface area contributed by atoms with Gasteiger partial charge in [0.15, 0.2) is 0 Å². The van der Waals surface area contributed by atoms with Crippen molar-refractivity contribution >= 4 is 5.91 Å². The second-order valence-electron chi connectivity index (χ2n) is 9.18. The van der Waals surface area contributed by atoms with Gasteiger partial charge in [-0.3, -0.25) is 14.4 Å². The molecular weight excluding hydrogens is 348 g/mol. The van der Waals surface area contributed by atoms with E-state index in [0.29, 0.717) is 0 Å². The molecule has 28 heavy (non-hydrogen) atoms. The van der Waals surface area contributed by atoms with E-state index in [4.69, 9.17) is 5.10 Å². The van der Waals surface area contributed by atoms with Gasteiger partial charge in [-0.05, 0) is 59.2 Å². The van der Waals surface area contributed by atoms with Crippen molar-refractivity contribution in [1.82, 2.24) is 19.6 Å². The Bertz CT molecular complexity index is 870. The van der Waals surface area contributed by atoms with Crippen molar-refractivity contribution in [2.45, 2.75) is 58.5 Å². The normalized spacial score (nSPS) is 19.5. The number of amides is 1. The minimum atomic E-state index is -0.00282. The van der Waals surface area contributed by atoms with Gasteiger partial charge in [-0.2, -0.15) is 5.10 Å². The number of likely N-dealkylation sites (N-methyl/N-ethyl adjacent to an activating group) is 1. The first-order chi connectivity index (χ1) is 13.3. The molecule has 1 aromatic carbocycles. The van der Waals surface area contributed by atoms with Gasteiger partial charge < -0.3 is 4.90 Å². The van der Waals surface area contributed by atoms with Crippen molar-refractivity contribution in [3.05, 3.63) is 52.3 Å². The molecule has 0 unspecified atom stereocenters. The second kappa shape index (κ2) is 7.03. The Morgan fingerprint density at radius 1 is 1.11 bits per heavy atom. The van der Waals surface area contributed by atoms with E-state index >= 15 is 0 Å². The summed E-state index contributed by atoms with van der Waals surface area (Å²) in [5.74, 6) is 0.116. The Kier molecular flexibility index (Phi) is 4.82. The van der Waals surface area contributed by atoms with Gasteiger partial charge >= 0.3 is 0 Å². The number of hydrogen-bond donors (Lipinski definition) is 0. The summed E-state index contributed by atoms with van der Waals surface area (Å²) in [6, 6.07) is 7.10. The first-order valence-corrected chi connectivity index (χ1v) is 10.4. The van der Waals surface area contributed by atoms with Crippen LogP contribution in [-0.2, 0) is 12.0 Å². The predicted octanol–water partition coefficient (Wildman–Crippen LogP) is 3.70. The van der Waals surface area contributed by atoms with Crippen LogP contribution in [0.3, 0.4) is 0 Å². The van der Waals surface area contributed by atoms with Crippen LogP contribution in [0.4, 0.5) is 0 Å². The van der Waals surface area contributed by atoms with Crippen LogP contribution in [0.1, 0.15) is 65.5 Å². The lowest BCUT2D eigenvalue weighted by atomic mass is 9.72. The van der Waals surface area contributed by atoms with Crippen LogP contribution in [0, 0.1) is 13.8 Å². The van der Waals surface area contributed by atoms with Crippen LogP contribution in [0.15, 0.2) is 24.4 Å². The number of rotatable bonds is 3. The highest BCUT2D eigenvalue weighted by atomic mass is 16.2. The monoisotopic (exact) mass is 380 g/mol. The number of hydrogen-bond acceptors (Lipinski definition) is 3. The van der Waals surface area contributed by atoms with Gasteiger partial charge in [0.2, 0.25) is 0 Å². The molecule has 1 aromatic heterocycles. The minimum Gasteiger partial charge on any atom is -0.341 e. The van der Waals surface area contributed by atoms with E-state index in [1.54, 1.807) is 0 Å². The molecule has 5 heteroatoms. The second-order valence-corrected chi connectivity index (χ2v) is 9.18. The molecule has 1 fully saturated rings. The molecule has 2 aromatic rings. The molecule has 0 radical (unpaired) electrons. The Hall–Kier alpha value is -2.14. The molecule has 4 rings (SSSR count). The number of carbonyl (C=O) groups is 1. The van der Waals surface area contributed by atoms with Crippen molar-refractivity contribution < 1.29 is 4.79 Å². The minimum absolute atomic E-state index is 0.00282. The maximum Gasteiger partial charge on any atom is 0.257 e. The molecule has 0 atom stereocenters. The SMILES string of the molecule is Cc1cc(C)cc(CN2CCC3(CC2)CN(C)C(=O)c2cn(C(C)C)nc23)c1. The molecule has 1 amide bonds. The van der Waals surface area contributed by atoms with Crippen LogP contribution in [0.5, 0.6) is 0 Å². The van der Waals surface area contributed by atoms with Gasteiger partial charge in [-0.15, -0.1) is 0 Å². The fraction of sp³-hybridized carbons (Fsp3) is 0.565. The maximum absolute atomic E-state index is 12.7. The molecule has 0 saturated carbocycles. The largest absolute Gasteiger partial charge is 0.341 e. The topological polar surface area (TPSA) is 41.4 Å². The number of fused-ring (bicyclic) bond motifs is 2. The van der Waals surface area contributed by atoms with E-state index in [1.807, 2.05) is 22.8 Å². The standard InChI is InChI=1S/C23H32N4O/c1-16(2)27-14-20-21(24-27)23(15-25(5)22(20)28)6-8-26(9-7-23)13-19-11-17(3)10-18(4)12-19/h10-12,14,16H,6-9,13,15H2,1-5H3. The summed E-state index contributed by atoms with van der Waals surface area (Å²) < 4.78 is 1.96. The molecule has 1 spiro atoms. The summed E-state index contributed by atoms with van der Waals surface area (Å²) in [4.78, 5) is 17.2. The van der Waals surface area contributed by atoms with E-state index in [0.717, 1.165) is 50.3 Å². The molecule has 2 aliphatic heterocycles. The number of nitrogens with zero attached hydrogens (tertiary/aromatic N) is 4. The third kappa shape index (κ3) is 3.37. The number of aromatic nitrogens is 2. The number of aryl methyl sites for hydroxylation is 2. The van der Waals surface area contributed by atoms with Crippen molar-refractivity contribution in [1.29, 1.82) is 0 Å². The average Bonchev–Trinajstić information content (AvgIpc) is 3.08. The van der Waals surface area contributed by atoms with Crippen LogP contribution >= 0.6 is 0 Å². The van der Waals surface area contributed by atoms with E-state index in [1.165, 1.54) is 16.7 Å². The lowest BCUT2D eigenvalue weighted by molar-refractivity contribution is 0.0628. The van der Waals surface area contributed by atoms with Crippen LogP contribution in [-0.4, -0.2) is 52.2 Å². The molecule has 150 valence electrons. The summed E-state index contributed by atoms with van der Waals surface area (Å²) in [7, 11) is 1.93. The van der Waals surface area contributed by atoms with Crippen LogP contribution < -0.4 is 0 Å². The molecule has 0 bridgehead atoms. The maximum atomic E-state index is 12.7. The Labute approximate surface area is 168 Å². The molecule has 5 nitrogen and oxygen atoms in total. The third-order valence-electron chi connectivity index (χ3n) is 6.38. The zero-order valence-electron chi connectivity index (χ0n) is 17.8. The molecular formula is C23H32N4O. The fourth-order valence-electron chi connectivity index (χ4n) is 4.96. The molecule has 2 aliphatic rings. The predicted molar refractivity (Wildman–Crippen MR) is 112 cm³/mol. The van der Waals surface area contributed by atoms with E-state index < -0.39 is 0 Å². The van der Waals surface area contributed by atoms with Gasteiger partial charge in [0.05, 0.1) is 11.3 Å². The van der Waals surface area contributed by atoms with Gasteiger partial charge in [0.1, 0.15) is 0 Å². The zero-order valence-corrected chi connectivity index (χ0v) is 17.8. The Morgan fingerprint density at radius 2 is 1.75 bits per heavy atom. The highest BCUT2D eigenvalue weighted by molar-refractivity contribution is 5.96. The van der Waals surface area contributed by atoms with Crippen molar-refractivity contribution in [3.63, 3.8) is 0 Å². The lowest BCUT2D eigenvalue weighted by Crippen LogP contribution is -2.53. The van der Waals surface area contributed by atoms with Crippen LogP contribution in [0.2, 0.25) is 0 Å². The summed E-state index contributed by atoms with van der Waals surface area (Å²) in [5.41, 5.74) is 5.91. The Balaban J connectivity index is 1.55. The highest BCUT2D eigenvalue weighted by Crippen LogP contribution is 2.41. The summed E-state index contributed by atoms with van der Waals surface area (Å²) in [6.45, 7) is 12.4. The van der Waals surface area contributed by atoms with Gasteiger partial charge in [0, 0.05) is 37.8 Å². The molecule has 0 N–H and O–H groups in total. The van der Waals surface area contributed by atoms with Crippen molar-refractivity contribution in [2.75, 3.05) is 26.7 Å². The van der Waals surface area contributed by atoms with E-state index in [9.17, 15) is 4.79 Å². The zero-order chi connectivity index (χ0) is 20.1. The lowest BCUT2D eigenvalue weighted by Gasteiger charge is -2.45. The summed E-state index contributed by atoms with van der Waals surface area (Å²) >= 11 is 0. The Morgan fingerprint density at radius 3 is 2.36 bits per heavy atom. The van der Waals surface area contributed by atoms with E-state index in [2.05, 4.69) is 50.8 Å². The molecule has 0 aliphatic carbocycles. The van der Waals surface area contributed by atoms with Gasteiger partial charge in [-0.1, -0.05) is 29.3 Å². The number of benzene rings is 1. The summed E-state index contributed by atoms with van der Waals surface area (Å²) in [6.07, 6.45) is 4.07. The smallest absolute Gasteiger partial charge is 0.257 e.